The molecule has 2 heterocycles. The fourth-order valence-electron chi connectivity index (χ4n) is 1.88. The number of rotatable bonds is 1. The minimum absolute atomic E-state index is 0.180. The first kappa shape index (κ1) is 12.7. The predicted octanol–water partition coefficient (Wildman–Crippen LogP) is 3.99. The zero-order valence-corrected chi connectivity index (χ0v) is 12.0. The van der Waals surface area contributed by atoms with Gasteiger partial charge in [-0.3, -0.25) is 0 Å². The summed E-state index contributed by atoms with van der Waals surface area (Å²) >= 11 is 18.0. The van der Waals surface area contributed by atoms with Crippen molar-refractivity contribution in [3.63, 3.8) is 0 Å². The van der Waals surface area contributed by atoms with Crippen LogP contribution in [0.25, 0.3) is 22.6 Å². The Labute approximate surface area is 124 Å². The van der Waals surface area contributed by atoms with Gasteiger partial charge in [0.15, 0.2) is 5.65 Å². The molecule has 0 aliphatic heterocycles. The lowest BCUT2D eigenvalue weighted by atomic mass is 10.2. The van der Waals surface area contributed by atoms with Crippen LogP contribution in [0.2, 0.25) is 15.3 Å². The largest absolute Gasteiger partial charge is 0.312 e. The van der Waals surface area contributed by atoms with Gasteiger partial charge in [0.25, 0.3) is 0 Å². The van der Waals surface area contributed by atoms with E-state index in [4.69, 9.17) is 34.8 Å². The summed E-state index contributed by atoms with van der Waals surface area (Å²) in [4.78, 5) is 12.5. The summed E-state index contributed by atoms with van der Waals surface area (Å²) < 4.78 is 1.81. The van der Waals surface area contributed by atoms with Crippen molar-refractivity contribution < 1.29 is 0 Å². The Balaban J connectivity index is 2.31. The van der Waals surface area contributed by atoms with Gasteiger partial charge in [-0.25, -0.2) is 9.97 Å². The van der Waals surface area contributed by atoms with Gasteiger partial charge in [0.2, 0.25) is 5.28 Å². The minimum atomic E-state index is 0.180. The lowest BCUT2D eigenvalue weighted by molar-refractivity contribution is 0.939. The van der Waals surface area contributed by atoms with Crippen LogP contribution in [0.5, 0.6) is 0 Å². The van der Waals surface area contributed by atoms with Crippen LogP contribution >= 0.6 is 34.8 Å². The predicted molar refractivity (Wildman–Crippen MR) is 76.8 cm³/mol. The van der Waals surface area contributed by atoms with Gasteiger partial charge >= 0.3 is 0 Å². The van der Waals surface area contributed by atoms with Crippen molar-refractivity contribution in [2.45, 2.75) is 0 Å². The molecule has 3 aromatic rings. The first-order valence-electron chi connectivity index (χ1n) is 5.37. The molecule has 0 aliphatic carbocycles. The van der Waals surface area contributed by atoms with Crippen LogP contribution < -0.4 is 0 Å². The van der Waals surface area contributed by atoms with E-state index < -0.39 is 0 Å². The quantitative estimate of drug-likeness (QED) is 0.638. The molecule has 96 valence electrons. The van der Waals surface area contributed by atoms with Crippen molar-refractivity contribution in [2.24, 2.45) is 7.05 Å². The lowest BCUT2D eigenvalue weighted by Crippen LogP contribution is -1.95. The summed E-state index contributed by atoms with van der Waals surface area (Å²) in [6, 6.07) is 5.40. The Morgan fingerprint density at radius 2 is 1.89 bits per heavy atom. The van der Waals surface area contributed by atoms with Gasteiger partial charge in [-0.05, 0) is 23.7 Å². The van der Waals surface area contributed by atoms with Gasteiger partial charge < -0.3 is 4.57 Å². The van der Waals surface area contributed by atoms with Crippen LogP contribution in [0.15, 0.2) is 24.4 Å². The molecular weight excluding hydrogens is 307 g/mol. The van der Waals surface area contributed by atoms with Crippen LogP contribution in [-0.4, -0.2) is 19.5 Å². The lowest BCUT2D eigenvalue weighted by Gasteiger charge is -2.05. The summed E-state index contributed by atoms with van der Waals surface area (Å²) in [6.45, 7) is 0. The molecule has 0 fully saturated rings. The van der Waals surface area contributed by atoms with Gasteiger partial charge in [0.1, 0.15) is 11.3 Å². The zero-order valence-electron chi connectivity index (χ0n) is 9.73. The maximum atomic E-state index is 6.21. The average Bonchev–Trinajstić information content (AvgIpc) is 2.70. The average molecular weight is 314 g/mol. The van der Waals surface area contributed by atoms with Gasteiger partial charge in [-0.15, -0.1) is 0 Å². The summed E-state index contributed by atoms with van der Waals surface area (Å²) in [6.07, 6.45) is 1.58. The van der Waals surface area contributed by atoms with Crippen LogP contribution in [-0.2, 0) is 7.05 Å². The number of nitrogens with zero attached hydrogens (tertiary/aromatic N) is 4. The molecule has 1 aromatic carbocycles. The minimum Gasteiger partial charge on any atom is -0.312 e. The van der Waals surface area contributed by atoms with E-state index >= 15 is 0 Å². The summed E-state index contributed by atoms with van der Waals surface area (Å²) in [5.74, 6) is 0.666. The molecule has 4 nitrogen and oxygen atoms in total. The third-order valence-corrected chi connectivity index (χ3v) is 3.78. The van der Waals surface area contributed by atoms with Gasteiger partial charge in [-0.1, -0.05) is 29.3 Å². The van der Waals surface area contributed by atoms with Crippen LogP contribution in [0.4, 0.5) is 0 Å². The highest BCUT2D eigenvalue weighted by Gasteiger charge is 2.15. The molecule has 7 heteroatoms. The number of aryl methyl sites for hydroxylation is 1. The van der Waals surface area contributed by atoms with Crippen molar-refractivity contribution in [3.8, 4) is 11.4 Å². The maximum absolute atomic E-state index is 6.21. The molecule has 0 bridgehead atoms. The number of hydrogen-bond acceptors (Lipinski definition) is 3. The number of hydrogen-bond donors (Lipinski definition) is 0. The van der Waals surface area contributed by atoms with E-state index in [1.807, 2.05) is 19.2 Å². The molecular formula is C12H7Cl3N4. The normalized spacial score (nSPS) is 11.2. The van der Waals surface area contributed by atoms with E-state index in [1.54, 1.807) is 16.8 Å². The maximum Gasteiger partial charge on any atom is 0.224 e. The highest BCUT2D eigenvalue weighted by atomic mass is 35.5. The Kier molecular flexibility index (Phi) is 3.09. The number of fused-ring (bicyclic) bond motifs is 1. The fraction of sp³-hybridized carbons (Fsp3) is 0.0833. The van der Waals surface area contributed by atoms with Crippen LogP contribution in [0.3, 0.4) is 0 Å². The fourth-order valence-corrected chi connectivity index (χ4v) is 2.39. The molecule has 0 amide bonds. The molecule has 3 rings (SSSR count). The number of benzene rings is 1. The van der Waals surface area contributed by atoms with Crippen molar-refractivity contribution in [2.75, 3.05) is 0 Å². The molecule has 0 saturated carbocycles. The van der Waals surface area contributed by atoms with Crippen molar-refractivity contribution in [3.05, 3.63) is 39.7 Å². The summed E-state index contributed by atoms with van der Waals surface area (Å²) in [7, 11) is 1.84. The third kappa shape index (κ3) is 2.06. The second-order valence-corrected chi connectivity index (χ2v) is 5.07. The molecule has 0 radical (unpaired) electrons. The van der Waals surface area contributed by atoms with E-state index in [2.05, 4.69) is 15.0 Å². The number of imidazole rings is 1. The van der Waals surface area contributed by atoms with Crippen molar-refractivity contribution >= 4 is 46.0 Å². The third-order valence-electron chi connectivity index (χ3n) is 2.77. The van der Waals surface area contributed by atoms with E-state index in [-0.39, 0.29) is 5.28 Å². The standard InChI is InChI=1S/C12H7Cl3N4/c1-19-10(6-3-2-4-7(13)9(6)14)17-8-5-16-12(15)18-11(8)19/h2-5H,1H3. The van der Waals surface area contributed by atoms with Gasteiger partial charge in [0, 0.05) is 12.6 Å². The van der Waals surface area contributed by atoms with Crippen molar-refractivity contribution in [1.82, 2.24) is 19.5 Å². The van der Waals surface area contributed by atoms with E-state index in [9.17, 15) is 0 Å². The van der Waals surface area contributed by atoms with E-state index in [0.717, 1.165) is 5.56 Å². The topological polar surface area (TPSA) is 43.6 Å². The van der Waals surface area contributed by atoms with E-state index in [1.165, 1.54) is 0 Å². The molecule has 19 heavy (non-hydrogen) atoms. The molecule has 0 atom stereocenters. The van der Waals surface area contributed by atoms with E-state index in [0.29, 0.717) is 27.0 Å². The van der Waals surface area contributed by atoms with Crippen LogP contribution in [0.1, 0.15) is 0 Å². The van der Waals surface area contributed by atoms with Crippen molar-refractivity contribution in [1.29, 1.82) is 0 Å². The zero-order chi connectivity index (χ0) is 13.6. The van der Waals surface area contributed by atoms with Gasteiger partial charge in [0.05, 0.1) is 16.2 Å². The Morgan fingerprint density at radius 1 is 1.11 bits per heavy atom. The molecule has 2 aromatic heterocycles. The highest BCUT2D eigenvalue weighted by Crippen LogP contribution is 2.33. The SMILES string of the molecule is Cn1c(-c2cccc(Cl)c2Cl)nc2cnc(Cl)nc21. The number of aromatic nitrogens is 4. The molecule has 0 N–H and O–H groups in total. The second kappa shape index (κ2) is 4.63. The monoisotopic (exact) mass is 312 g/mol. The number of halogens is 3. The highest BCUT2D eigenvalue weighted by molar-refractivity contribution is 6.43. The first-order chi connectivity index (χ1) is 9.08. The smallest absolute Gasteiger partial charge is 0.224 e. The Bertz CT molecular complexity index is 782. The first-order valence-corrected chi connectivity index (χ1v) is 6.50. The molecule has 0 unspecified atom stereocenters. The Morgan fingerprint density at radius 3 is 2.68 bits per heavy atom. The second-order valence-electron chi connectivity index (χ2n) is 3.94. The van der Waals surface area contributed by atoms with Gasteiger partial charge in [-0.2, -0.15) is 4.98 Å². The summed E-state index contributed by atoms with van der Waals surface area (Å²) in [5.41, 5.74) is 2.04. The molecule has 0 saturated heterocycles. The molecule has 0 aliphatic rings. The Hall–Kier alpha value is -1.36. The summed E-state index contributed by atoms with van der Waals surface area (Å²) in [5, 5.41) is 1.12. The van der Waals surface area contributed by atoms with Crippen LogP contribution in [0, 0.1) is 0 Å². The molecule has 0 spiro atoms.